The number of aliphatic hydroxyl groups is 1. The van der Waals surface area contributed by atoms with E-state index in [9.17, 15) is 14.7 Å². The van der Waals surface area contributed by atoms with Crippen molar-refractivity contribution in [3.8, 4) is 0 Å². The molecule has 0 unspecified atom stereocenters. The molecule has 6 heteroatoms. The normalized spacial score (nSPS) is 23.9. The molecule has 1 rings (SSSR count). The van der Waals surface area contributed by atoms with Crippen LogP contribution in [0.2, 0.25) is 0 Å². The molecule has 0 bridgehead atoms. The first-order chi connectivity index (χ1) is 8.24. The maximum absolute atomic E-state index is 11.8. The molecule has 1 amide bonds. The number of β-amino-alcohol motifs (C(OH)–C–C–N with tert-alkyl or cyclic N) is 1. The minimum atomic E-state index is -0.892. The number of aliphatic hydroxyl groups excluding tert-OH is 1. The maximum atomic E-state index is 11.8. The van der Waals surface area contributed by atoms with Crippen LogP contribution in [-0.4, -0.2) is 53.5 Å². The van der Waals surface area contributed by atoms with Crippen molar-refractivity contribution < 1.29 is 24.2 Å². The molecular weight excluding hydrogens is 238 g/mol. The molecule has 0 aromatic carbocycles. The van der Waals surface area contributed by atoms with Gasteiger partial charge in [0.25, 0.3) is 0 Å². The number of hydrogen-bond donors (Lipinski definition) is 1. The summed E-state index contributed by atoms with van der Waals surface area (Å²) in [5.74, 6) is -1.16. The van der Waals surface area contributed by atoms with Gasteiger partial charge < -0.3 is 19.5 Å². The van der Waals surface area contributed by atoms with Gasteiger partial charge in [0.1, 0.15) is 11.5 Å². The number of hydrogen-bond acceptors (Lipinski definition) is 5. The van der Waals surface area contributed by atoms with E-state index in [1.165, 1.54) is 4.90 Å². The van der Waals surface area contributed by atoms with E-state index < -0.39 is 29.7 Å². The molecule has 1 aliphatic rings. The van der Waals surface area contributed by atoms with Crippen LogP contribution >= 0.6 is 0 Å². The van der Waals surface area contributed by atoms with Crippen molar-refractivity contribution in [2.45, 2.75) is 39.4 Å². The van der Waals surface area contributed by atoms with Gasteiger partial charge >= 0.3 is 12.1 Å². The van der Waals surface area contributed by atoms with Crippen LogP contribution in [-0.2, 0) is 14.3 Å². The first-order valence-corrected chi connectivity index (χ1v) is 6.07. The van der Waals surface area contributed by atoms with Crippen LogP contribution in [0, 0.1) is 5.92 Å². The van der Waals surface area contributed by atoms with Crippen molar-refractivity contribution in [1.29, 1.82) is 0 Å². The fraction of sp³-hybridized carbons (Fsp3) is 0.833. The Balaban J connectivity index is 2.58. The zero-order valence-electron chi connectivity index (χ0n) is 11.3. The summed E-state index contributed by atoms with van der Waals surface area (Å²) >= 11 is 0. The third-order valence-corrected chi connectivity index (χ3v) is 2.53. The predicted molar refractivity (Wildman–Crippen MR) is 63.9 cm³/mol. The van der Waals surface area contributed by atoms with Crippen LogP contribution in [0.3, 0.4) is 0 Å². The molecule has 104 valence electrons. The van der Waals surface area contributed by atoms with E-state index in [2.05, 4.69) is 0 Å². The van der Waals surface area contributed by atoms with Gasteiger partial charge in [-0.25, -0.2) is 4.79 Å². The summed E-state index contributed by atoms with van der Waals surface area (Å²) < 4.78 is 10.0. The lowest BCUT2D eigenvalue weighted by Crippen LogP contribution is -2.36. The summed E-state index contributed by atoms with van der Waals surface area (Å²) in [6.07, 6.45) is -1.41. The summed E-state index contributed by atoms with van der Waals surface area (Å²) in [7, 11) is 0. The predicted octanol–water partition coefficient (Wildman–Crippen LogP) is 0.777. The molecule has 18 heavy (non-hydrogen) atoms. The Morgan fingerprint density at radius 3 is 2.44 bits per heavy atom. The fourth-order valence-corrected chi connectivity index (χ4v) is 1.74. The molecule has 0 aromatic heterocycles. The Bertz CT molecular complexity index is 323. The van der Waals surface area contributed by atoms with E-state index in [1.54, 1.807) is 27.7 Å². The lowest BCUT2D eigenvalue weighted by atomic mass is 10.1. The molecule has 1 heterocycles. The fourth-order valence-electron chi connectivity index (χ4n) is 1.74. The average Bonchev–Trinajstić information content (AvgIpc) is 2.58. The number of nitrogens with zero attached hydrogens (tertiary/aromatic N) is 1. The molecule has 2 atom stereocenters. The van der Waals surface area contributed by atoms with Crippen LogP contribution < -0.4 is 0 Å². The van der Waals surface area contributed by atoms with Crippen LogP contribution in [0.1, 0.15) is 27.7 Å². The van der Waals surface area contributed by atoms with Gasteiger partial charge in [0.15, 0.2) is 0 Å². The molecule has 0 spiro atoms. The molecule has 0 radical (unpaired) electrons. The second-order valence-electron chi connectivity index (χ2n) is 5.31. The molecule has 1 N–H and O–H groups in total. The summed E-state index contributed by atoms with van der Waals surface area (Å²) in [5, 5.41) is 9.75. The highest BCUT2D eigenvalue weighted by molar-refractivity contribution is 5.76. The number of esters is 1. The number of ether oxygens (including phenoxy) is 2. The number of amides is 1. The Morgan fingerprint density at radius 1 is 1.33 bits per heavy atom. The molecule has 1 aliphatic heterocycles. The molecule has 0 saturated carbocycles. The van der Waals surface area contributed by atoms with Gasteiger partial charge in [0, 0.05) is 6.54 Å². The average molecular weight is 259 g/mol. The van der Waals surface area contributed by atoms with E-state index >= 15 is 0 Å². The lowest BCUT2D eigenvalue weighted by molar-refractivity contribution is -0.150. The smallest absolute Gasteiger partial charge is 0.410 e. The molecule has 0 aromatic rings. The Morgan fingerprint density at radius 2 is 1.94 bits per heavy atom. The van der Waals surface area contributed by atoms with Crippen molar-refractivity contribution in [2.24, 2.45) is 5.92 Å². The SMILES string of the molecule is CCOC(=O)[C@@H]1CN(C(=O)OC(C)(C)C)C[C@H]1O. The highest BCUT2D eigenvalue weighted by Gasteiger charge is 2.40. The van der Waals surface area contributed by atoms with Crippen molar-refractivity contribution in [3.63, 3.8) is 0 Å². The maximum Gasteiger partial charge on any atom is 0.410 e. The molecule has 1 saturated heterocycles. The van der Waals surface area contributed by atoms with Gasteiger partial charge in [-0.05, 0) is 27.7 Å². The van der Waals surface area contributed by atoms with Crippen LogP contribution in [0.25, 0.3) is 0 Å². The third-order valence-electron chi connectivity index (χ3n) is 2.53. The highest BCUT2D eigenvalue weighted by atomic mass is 16.6. The summed E-state index contributed by atoms with van der Waals surface area (Å²) in [5.41, 5.74) is -0.593. The van der Waals surface area contributed by atoms with E-state index in [1.807, 2.05) is 0 Å². The summed E-state index contributed by atoms with van der Waals surface area (Å²) in [6.45, 7) is 7.48. The lowest BCUT2D eigenvalue weighted by Gasteiger charge is -2.24. The topological polar surface area (TPSA) is 76.1 Å². The minimum absolute atomic E-state index is 0.0956. The van der Waals surface area contributed by atoms with Crippen molar-refractivity contribution in [2.75, 3.05) is 19.7 Å². The van der Waals surface area contributed by atoms with Gasteiger partial charge in [-0.3, -0.25) is 4.79 Å². The number of likely N-dealkylation sites (tertiary alicyclic amines) is 1. The highest BCUT2D eigenvalue weighted by Crippen LogP contribution is 2.21. The van der Waals surface area contributed by atoms with Crippen molar-refractivity contribution >= 4 is 12.1 Å². The first kappa shape index (κ1) is 14.8. The molecule has 6 nitrogen and oxygen atoms in total. The van der Waals surface area contributed by atoms with Crippen LogP contribution in [0.5, 0.6) is 0 Å². The van der Waals surface area contributed by atoms with E-state index in [0.717, 1.165) is 0 Å². The van der Waals surface area contributed by atoms with Gasteiger partial charge in [0.2, 0.25) is 0 Å². The second-order valence-corrected chi connectivity index (χ2v) is 5.31. The first-order valence-electron chi connectivity index (χ1n) is 6.07. The Labute approximate surface area is 107 Å². The number of carbonyl (C=O) groups is 2. The monoisotopic (exact) mass is 259 g/mol. The Kier molecular flexibility index (Phi) is 4.56. The van der Waals surface area contributed by atoms with E-state index in [4.69, 9.17) is 9.47 Å². The van der Waals surface area contributed by atoms with Crippen LogP contribution in [0.15, 0.2) is 0 Å². The summed E-state index contributed by atoms with van der Waals surface area (Å²) in [4.78, 5) is 24.7. The van der Waals surface area contributed by atoms with Crippen molar-refractivity contribution in [1.82, 2.24) is 4.90 Å². The van der Waals surface area contributed by atoms with Crippen molar-refractivity contribution in [3.05, 3.63) is 0 Å². The zero-order valence-corrected chi connectivity index (χ0v) is 11.3. The quantitative estimate of drug-likeness (QED) is 0.741. The molecule has 1 fully saturated rings. The number of rotatable bonds is 2. The number of carbonyl (C=O) groups excluding carboxylic acids is 2. The van der Waals surface area contributed by atoms with Gasteiger partial charge in [-0.1, -0.05) is 0 Å². The summed E-state index contributed by atoms with van der Waals surface area (Å²) in [6, 6.07) is 0. The van der Waals surface area contributed by atoms with Crippen LogP contribution in [0.4, 0.5) is 4.79 Å². The minimum Gasteiger partial charge on any atom is -0.466 e. The Hall–Kier alpha value is -1.30. The molecule has 0 aliphatic carbocycles. The van der Waals surface area contributed by atoms with Gasteiger partial charge in [0.05, 0.1) is 19.3 Å². The van der Waals surface area contributed by atoms with Gasteiger partial charge in [-0.2, -0.15) is 0 Å². The molecular formula is C12H21NO5. The van der Waals surface area contributed by atoms with E-state index in [-0.39, 0.29) is 19.7 Å². The largest absolute Gasteiger partial charge is 0.466 e. The van der Waals surface area contributed by atoms with Gasteiger partial charge in [-0.15, -0.1) is 0 Å². The third kappa shape index (κ3) is 3.87. The standard InChI is InChI=1S/C12H21NO5/c1-5-17-10(15)8-6-13(7-9(8)14)11(16)18-12(2,3)4/h8-9,14H,5-7H2,1-4H3/t8-,9-/m1/s1. The van der Waals surface area contributed by atoms with E-state index in [0.29, 0.717) is 0 Å². The zero-order chi connectivity index (χ0) is 13.9. The second kappa shape index (κ2) is 5.56.